The molecule has 6 heteroatoms. The molecule has 0 radical (unpaired) electrons. The van der Waals surface area contributed by atoms with E-state index in [0.717, 1.165) is 11.1 Å². The summed E-state index contributed by atoms with van der Waals surface area (Å²) in [7, 11) is 0. The van der Waals surface area contributed by atoms with Gasteiger partial charge in [0.15, 0.2) is 11.4 Å². The highest BCUT2D eigenvalue weighted by Crippen LogP contribution is 2.31. The number of carbonyl (C=O) groups is 2. The van der Waals surface area contributed by atoms with Gasteiger partial charge in [-0.3, -0.25) is 9.86 Å². The number of quaternary nitrogens is 1. The van der Waals surface area contributed by atoms with Gasteiger partial charge in [-0.15, -0.1) is 0 Å². The van der Waals surface area contributed by atoms with Gasteiger partial charge in [0.2, 0.25) is 6.61 Å². The number of hydroxylamine groups is 1. The highest BCUT2D eigenvalue weighted by atomic mass is 16.5. The number of aliphatic carboxylic acids is 1. The van der Waals surface area contributed by atoms with Crippen molar-refractivity contribution in [2.75, 3.05) is 6.61 Å². The molecule has 0 saturated heterocycles. The van der Waals surface area contributed by atoms with Crippen molar-refractivity contribution in [2.24, 2.45) is 0 Å². The lowest BCUT2D eigenvalue weighted by Gasteiger charge is -2.27. The molecule has 1 aromatic rings. The quantitative estimate of drug-likeness (QED) is 0.766. The van der Waals surface area contributed by atoms with E-state index >= 15 is 0 Å². The van der Waals surface area contributed by atoms with Gasteiger partial charge in [-0.25, -0.2) is 4.79 Å². The summed E-state index contributed by atoms with van der Waals surface area (Å²) in [6.45, 7) is 1.59. The molecule has 102 valence electrons. The van der Waals surface area contributed by atoms with E-state index in [1.54, 1.807) is 6.07 Å². The molecular weight excluding hydrogens is 250 g/mol. The lowest BCUT2D eigenvalue weighted by atomic mass is 10.0. The smallest absolute Gasteiger partial charge is 0.354 e. The number of ether oxygens (including phenoxy) is 1. The molecule has 0 aliphatic carbocycles. The molecule has 0 spiro atoms. The highest BCUT2D eigenvalue weighted by molar-refractivity contribution is 5.75. The number of carboxylic acid groups (broad SMARTS) is 1. The predicted molar refractivity (Wildman–Crippen MR) is 66.2 cm³/mol. The Hall–Kier alpha value is -1.92. The van der Waals surface area contributed by atoms with Crippen LogP contribution >= 0.6 is 0 Å². The first-order valence-electron chi connectivity index (χ1n) is 6.04. The second-order valence-electron chi connectivity index (χ2n) is 4.59. The van der Waals surface area contributed by atoms with E-state index in [-0.39, 0.29) is 13.0 Å². The minimum absolute atomic E-state index is 0.0651. The average molecular weight is 265 g/mol. The van der Waals surface area contributed by atoms with Crippen molar-refractivity contribution in [3.05, 3.63) is 28.5 Å². The lowest BCUT2D eigenvalue weighted by molar-refractivity contribution is -0.693. The van der Waals surface area contributed by atoms with E-state index in [4.69, 9.17) is 9.84 Å². The summed E-state index contributed by atoms with van der Waals surface area (Å²) in [6.07, 6.45) is 1.05. The average Bonchev–Trinajstić information content (AvgIpc) is 2.34. The van der Waals surface area contributed by atoms with Crippen LogP contribution in [0.1, 0.15) is 24.0 Å². The zero-order valence-electron chi connectivity index (χ0n) is 10.6. The molecule has 1 aromatic carbocycles. The SMILES string of the molecule is Cc1cc(CCCC(=O)O)c2c(c1)[NH+]([O-])C(=O)CO2. The summed E-state index contributed by atoms with van der Waals surface area (Å²) in [5, 5.41) is 19.9. The molecular formula is C13H15NO5. The fraction of sp³-hybridized carbons (Fsp3) is 0.385. The summed E-state index contributed by atoms with van der Waals surface area (Å²) in [4.78, 5) is 21.8. The zero-order valence-corrected chi connectivity index (χ0v) is 10.6. The first kappa shape index (κ1) is 13.5. The molecule has 1 amide bonds. The molecule has 2 rings (SSSR count). The van der Waals surface area contributed by atoms with Gasteiger partial charge in [-0.1, -0.05) is 6.07 Å². The molecule has 2 N–H and O–H groups in total. The van der Waals surface area contributed by atoms with Crippen molar-refractivity contribution in [1.29, 1.82) is 0 Å². The summed E-state index contributed by atoms with van der Waals surface area (Å²) >= 11 is 0. The van der Waals surface area contributed by atoms with Crippen molar-refractivity contribution in [1.82, 2.24) is 0 Å². The Balaban J connectivity index is 2.27. The maximum absolute atomic E-state index is 11.8. The van der Waals surface area contributed by atoms with Crippen LogP contribution in [0.25, 0.3) is 0 Å². The fourth-order valence-electron chi connectivity index (χ4n) is 2.16. The normalized spacial score (nSPS) is 17.8. The second kappa shape index (κ2) is 5.38. The number of fused-ring (bicyclic) bond motifs is 1. The van der Waals surface area contributed by atoms with E-state index in [9.17, 15) is 14.8 Å². The van der Waals surface area contributed by atoms with Crippen LogP contribution in [0.15, 0.2) is 12.1 Å². The maximum atomic E-state index is 11.8. The molecule has 0 bridgehead atoms. The number of carbonyl (C=O) groups excluding carboxylic acids is 1. The van der Waals surface area contributed by atoms with Crippen molar-refractivity contribution in [2.45, 2.75) is 26.2 Å². The molecule has 0 aromatic heterocycles. The molecule has 1 atom stereocenters. The van der Waals surface area contributed by atoms with Crippen molar-refractivity contribution >= 4 is 17.6 Å². The zero-order chi connectivity index (χ0) is 14.0. The monoisotopic (exact) mass is 265 g/mol. The van der Waals surface area contributed by atoms with Gasteiger partial charge >= 0.3 is 11.9 Å². The molecule has 6 nitrogen and oxygen atoms in total. The van der Waals surface area contributed by atoms with Crippen LogP contribution in [0.5, 0.6) is 5.75 Å². The summed E-state index contributed by atoms with van der Waals surface area (Å²) in [6, 6.07) is 3.50. The van der Waals surface area contributed by atoms with Crippen LogP contribution in [0.3, 0.4) is 0 Å². The largest absolute Gasteiger partial charge is 0.621 e. The van der Waals surface area contributed by atoms with E-state index in [1.165, 1.54) is 0 Å². The number of amides is 1. The molecule has 1 unspecified atom stereocenters. The fourth-order valence-corrected chi connectivity index (χ4v) is 2.16. The van der Waals surface area contributed by atoms with E-state index < -0.39 is 16.9 Å². The molecule has 1 aliphatic rings. The number of aryl methyl sites for hydroxylation is 2. The molecule has 0 fully saturated rings. The molecule has 1 aliphatic heterocycles. The van der Waals surface area contributed by atoms with E-state index in [0.29, 0.717) is 24.3 Å². The van der Waals surface area contributed by atoms with Crippen LogP contribution in [0.4, 0.5) is 5.69 Å². The number of carboxylic acids is 1. The van der Waals surface area contributed by atoms with Gasteiger partial charge in [-0.2, -0.15) is 0 Å². The van der Waals surface area contributed by atoms with Gasteiger partial charge in [0, 0.05) is 18.1 Å². The first-order chi connectivity index (χ1) is 8.99. The molecule has 19 heavy (non-hydrogen) atoms. The number of rotatable bonds is 4. The minimum Gasteiger partial charge on any atom is -0.621 e. The summed E-state index contributed by atoms with van der Waals surface area (Å²) in [5.74, 6) is -0.969. The maximum Gasteiger partial charge on any atom is 0.354 e. The van der Waals surface area contributed by atoms with Gasteiger partial charge in [0.05, 0.1) is 0 Å². The van der Waals surface area contributed by atoms with Gasteiger partial charge in [-0.05, 0) is 25.3 Å². The Labute approximate surface area is 110 Å². The second-order valence-corrected chi connectivity index (χ2v) is 4.59. The first-order valence-corrected chi connectivity index (χ1v) is 6.04. The van der Waals surface area contributed by atoms with Gasteiger partial charge < -0.3 is 15.1 Å². The van der Waals surface area contributed by atoms with Gasteiger partial charge in [0.25, 0.3) is 0 Å². The van der Waals surface area contributed by atoms with Crippen LogP contribution in [0, 0.1) is 12.1 Å². The third kappa shape index (κ3) is 2.91. The summed E-state index contributed by atoms with van der Waals surface area (Å²) in [5.41, 5.74) is 1.94. The number of hydrogen-bond donors (Lipinski definition) is 2. The topological polar surface area (TPSA) is 91.1 Å². The van der Waals surface area contributed by atoms with Crippen molar-refractivity contribution < 1.29 is 24.5 Å². The Kier molecular flexibility index (Phi) is 3.82. The Morgan fingerprint density at radius 1 is 1.53 bits per heavy atom. The molecule has 0 saturated carbocycles. The van der Waals surface area contributed by atoms with E-state index in [1.807, 2.05) is 13.0 Å². The predicted octanol–water partition coefficient (Wildman–Crippen LogP) is 0.336. The number of hydrogen-bond acceptors (Lipinski definition) is 4. The number of benzene rings is 1. The van der Waals surface area contributed by atoms with Gasteiger partial charge in [0.1, 0.15) is 0 Å². The third-order valence-corrected chi connectivity index (χ3v) is 2.99. The van der Waals surface area contributed by atoms with Crippen LogP contribution in [0.2, 0.25) is 0 Å². The van der Waals surface area contributed by atoms with Crippen molar-refractivity contribution in [3.8, 4) is 5.75 Å². The van der Waals surface area contributed by atoms with Crippen LogP contribution in [-0.4, -0.2) is 23.6 Å². The van der Waals surface area contributed by atoms with E-state index in [2.05, 4.69) is 0 Å². The highest BCUT2D eigenvalue weighted by Gasteiger charge is 2.28. The molecule has 1 heterocycles. The minimum atomic E-state index is -0.853. The standard InChI is InChI=1S/C13H15NO5/c1-8-5-9(3-2-4-12(16)17)13-10(6-8)14(18)11(15)7-19-13/h5-6,14H,2-4,7H2,1H3,(H,16,17). The Bertz CT molecular complexity index is 526. The third-order valence-electron chi connectivity index (χ3n) is 2.99. The van der Waals surface area contributed by atoms with Crippen LogP contribution in [-0.2, 0) is 16.0 Å². The number of nitrogens with one attached hydrogen (secondary N) is 1. The Morgan fingerprint density at radius 3 is 2.95 bits per heavy atom. The Morgan fingerprint density at radius 2 is 2.26 bits per heavy atom. The summed E-state index contributed by atoms with van der Waals surface area (Å²) < 4.78 is 5.33. The van der Waals surface area contributed by atoms with Crippen molar-refractivity contribution in [3.63, 3.8) is 0 Å². The lowest BCUT2D eigenvalue weighted by Crippen LogP contribution is -3.06. The van der Waals surface area contributed by atoms with Crippen LogP contribution < -0.4 is 9.80 Å².